The highest BCUT2D eigenvalue weighted by Gasteiger charge is 2.23. The molecule has 0 amide bonds. The molecule has 1 fully saturated rings. The standard InChI is InChI=1S/C13H16ClN3O3S/c1-9-8-20-6-5-16(9)11-7-12(14)15-13-10(11)3-4-17(13)21(2,18)19/h3-4,7,9H,5-6,8H2,1-2H3/t9-/m1/s1. The third kappa shape index (κ3) is 2.61. The summed E-state index contributed by atoms with van der Waals surface area (Å²) in [5.41, 5.74) is 1.25. The number of hydrogen-bond donors (Lipinski definition) is 0. The number of anilines is 1. The molecule has 6 nitrogen and oxygen atoms in total. The molecule has 0 aliphatic carbocycles. The number of hydrogen-bond acceptors (Lipinski definition) is 5. The molecule has 21 heavy (non-hydrogen) atoms. The number of nitrogens with zero attached hydrogens (tertiary/aromatic N) is 3. The molecule has 2 aromatic heterocycles. The van der Waals surface area contributed by atoms with Gasteiger partial charge >= 0.3 is 0 Å². The average molecular weight is 330 g/mol. The van der Waals surface area contributed by atoms with Crippen molar-refractivity contribution in [1.29, 1.82) is 0 Å². The van der Waals surface area contributed by atoms with Gasteiger partial charge in [-0.3, -0.25) is 0 Å². The minimum Gasteiger partial charge on any atom is -0.377 e. The molecule has 2 aromatic rings. The molecule has 114 valence electrons. The first-order chi connectivity index (χ1) is 9.88. The molecule has 0 saturated carbocycles. The van der Waals surface area contributed by atoms with Crippen molar-refractivity contribution in [3.05, 3.63) is 23.5 Å². The molecule has 1 saturated heterocycles. The van der Waals surface area contributed by atoms with Gasteiger partial charge in [-0.15, -0.1) is 0 Å². The number of ether oxygens (including phenoxy) is 1. The van der Waals surface area contributed by atoms with Gasteiger partial charge in [-0.1, -0.05) is 11.6 Å². The van der Waals surface area contributed by atoms with Crippen LogP contribution in [0.4, 0.5) is 5.69 Å². The second kappa shape index (κ2) is 5.15. The Morgan fingerprint density at radius 1 is 1.48 bits per heavy atom. The first-order valence-electron chi connectivity index (χ1n) is 6.60. The molecule has 0 N–H and O–H groups in total. The Morgan fingerprint density at radius 3 is 2.90 bits per heavy atom. The van der Waals surface area contributed by atoms with Gasteiger partial charge in [0.2, 0.25) is 10.0 Å². The summed E-state index contributed by atoms with van der Waals surface area (Å²) in [6, 6.07) is 3.73. The second-order valence-electron chi connectivity index (χ2n) is 5.19. The fourth-order valence-electron chi connectivity index (χ4n) is 2.63. The van der Waals surface area contributed by atoms with Gasteiger partial charge in [0.05, 0.1) is 25.2 Å². The number of pyridine rings is 1. The monoisotopic (exact) mass is 329 g/mol. The predicted molar refractivity (Wildman–Crippen MR) is 82.6 cm³/mol. The summed E-state index contributed by atoms with van der Waals surface area (Å²) in [6.07, 6.45) is 2.66. The Labute approximate surface area is 128 Å². The first kappa shape index (κ1) is 14.6. The largest absolute Gasteiger partial charge is 0.377 e. The zero-order chi connectivity index (χ0) is 15.2. The quantitative estimate of drug-likeness (QED) is 0.785. The fourth-order valence-corrected chi connectivity index (χ4v) is 3.55. The molecule has 1 atom stereocenters. The van der Waals surface area contributed by atoms with Gasteiger partial charge in [-0.05, 0) is 19.1 Å². The molecule has 0 aromatic carbocycles. The van der Waals surface area contributed by atoms with Gasteiger partial charge in [0.15, 0.2) is 5.65 Å². The van der Waals surface area contributed by atoms with E-state index >= 15 is 0 Å². The van der Waals surface area contributed by atoms with Gasteiger partial charge in [0, 0.05) is 24.2 Å². The van der Waals surface area contributed by atoms with Crippen LogP contribution in [-0.2, 0) is 14.8 Å². The molecular weight excluding hydrogens is 314 g/mol. The van der Waals surface area contributed by atoms with Crippen LogP contribution in [0.25, 0.3) is 11.0 Å². The lowest BCUT2D eigenvalue weighted by atomic mass is 10.2. The van der Waals surface area contributed by atoms with Gasteiger partial charge in [-0.2, -0.15) is 0 Å². The maximum atomic E-state index is 11.8. The van der Waals surface area contributed by atoms with Gasteiger partial charge in [0.25, 0.3) is 0 Å². The summed E-state index contributed by atoms with van der Waals surface area (Å²) >= 11 is 6.09. The summed E-state index contributed by atoms with van der Waals surface area (Å²) < 4.78 is 30.2. The van der Waals surface area contributed by atoms with E-state index in [-0.39, 0.29) is 11.2 Å². The second-order valence-corrected chi connectivity index (χ2v) is 7.44. The van der Waals surface area contributed by atoms with Crippen LogP contribution in [0.15, 0.2) is 18.3 Å². The van der Waals surface area contributed by atoms with Crippen LogP contribution < -0.4 is 4.90 Å². The van der Waals surface area contributed by atoms with Crippen molar-refractivity contribution in [2.75, 3.05) is 30.9 Å². The number of aromatic nitrogens is 2. The zero-order valence-corrected chi connectivity index (χ0v) is 13.4. The Morgan fingerprint density at radius 2 is 2.24 bits per heavy atom. The lowest BCUT2D eigenvalue weighted by Gasteiger charge is -2.35. The van der Waals surface area contributed by atoms with E-state index in [2.05, 4.69) is 16.8 Å². The van der Waals surface area contributed by atoms with E-state index in [1.165, 1.54) is 6.20 Å². The normalized spacial score (nSPS) is 20.1. The highest BCUT2D eigenvalue weighted by molar-refractivity contribution is 7.89. The average Bonchev–Trinajstić information content (AvgIpc) is 2.82. The minimum absolute atomic E-state index is 0.196. The third-order valence-corrected chi connectivity index (χ3v) is 4.81. The first-order valence-corrected chi connectivity index (χ1v) is 8.83. The van der Waals surface area contributed by atoms with Crippen LogP contribution in [0.3, 0.4) is 0 Å². The fraction of sp³-hybridized carbons (Fsp3) is 0.462. The molecule has 1 aliphatic heterocycles. The van der Waals surface area contributed by atoms with Crippen molar-refractivity contribution < 1.29 is 13.2 Å². The molecule has 0 unspecified atom stereocenters. The molecule has 3 heterocycles. The van der Waals surface area contributed by atoms with Gasteiger partial charge in [-0.25, -0.2) is 17.4 Å². The Bertz CT molecular complexity index is 787. The molecule has 0 spiro atoms. The molecule has 0 bridgehead atoms. The Hall–Kier alpha value is -1.31. The summed E-state index contributed by atoms with van der Waals surface area (Å²) in [5, 5.41) is 1.05. The van der Waals surface area contributed by atoms with Crippen molar-refractivity contribution in [2.24, 2.45) is 0 Å². The lowest BCUT2D eigenvalue weighted by Crippen LogP contribution is -2.43. The van der Waals surface area contributed by atoms with Crippen LogP contribution in [0, 0.1) is 0 Å². The van der Waals surface area contributed by atoms with E-state index in [9.17, 15) is 8.42 Å². The predicted octanol–water partition coefficient (Wildman–Crippen LogP) is 1.72. The SMILES string of the molecule is C[C@@H]1COCCN1c1cc(Cl)nc2c1ccn2S(C)(=O)=O. The lowest BCUT2D eigenvalue weighted by molar-refractivity contribution is 0.0991. The van der Waals surface area contributed by atoms with Crippen LogP contribution in [0.1, 0.15) is 6.92 Å². The molecule has 3 rings (SSSR count). The van der Waals surface area contributed by atoms with Crippen LogP contribution in [0.5, 0.6) is 0 Å². The topological polar surface area (TPSA) is 64.4 Å². The van der Waals surface area contributed by atoms with Crippen molar-refractivity contribution in [3.8, 4) is 0 Å². The number of fused-ring (bicyclic) bond motifs is 1. The molecular formula is C13H16ClN3O3S. The molecule has 1 aliphatic rings. The van der Waals surface area contributed by atoms with Crippen LogP contribution >= 0.6 is 11.6 Å². The zero-order valence-electron chi connectivity index (χ0n) is 11.8. The van der Waals surface area contributed by atoms with Crippen LogP contribution in [0.2, 0.25) is 5.15 Å². The van der Waals surface area contributed by atoms with E-state index in [1.807, 2.05) is 0 Å². The van der Waals surface area contributed by atoms with Crippen molar-refractivity contribution in [3.63, 3.8) is 0 Å². The number of halogens is 1. The summed E-state index contributed by atoms with van der Waals surface area (Å²) in [7, 11) is -3.41. The van der Waals surface area contributed by atoms with E-state index < -0.39 is 10.0 Å². The highest BCUT2D eigenvalue weighted by atomic mass is 35.5. The van der Waals surface area contributed by atoms with Crippen molar-refractivity contribution in [1.82, 2.24) is 8.96 Å². The molecule has 8 heteroatoms. The number of rotatable bonds is 2. The summed E-state index contributed by atoms with van der Waals surface area (Å²) in [4.78, 5) is 6.35. The Kier molecular flexibility index (Phi) is 3.59. The highest BCUT2D eigenvalue weighted by Crippen LogP contribution is 2.32. The molecule has 0 radical (unpaired) electrons. The summed E-state index contributed by atoms with van der Waals surface area (Å²) in [6.45, 7) is 4.07. The summed E-state index contributed by atoms with van der Waals surface area (Å²) in [5.74, 6) is 0. The van der Waals surface area contributed by atoms with Crippen molar-refractivity contribution >= 4 is 38.3 Å². The number of morpholine rings is 1. The van der Waals surface area contributed by atoms with E-state index in [1.54, 1.807) is 12.1 Å². The third-order valence-electron chi connectivity index (χ3n) is 3.61. The Balaban J connectivity index is 2.22. The van der Waals surface area contributed by atoms with Crippen molar-refractivity contribution in [2.45, 2.75) is 13.0 Å². The maximum Gasteiger partial charge on any atom is 0.237 e. The smallest absolute Gasteiger partial charge is 0.237 e. The van der Waals surface area contributed by atoms with E-state index in [0.29, 0.717) is 18.9 Å². The van der Waals surface area contributed by atoms with E-state index in [0.717, 1.165) is 27.8 Å². The van der Waals surface area contributed by atoms with Gasteiger partial charge < -0.3 is 9.64 Å². The minimum atomic E-state index is -3.41. The maximum absolute atomic E-state index is 11.8. The van der Waals surface area contributed by atoms with Gasteiger partial charge in [0.1, 0.15) is 5.15 Å². The van der Waals surface area contributed by atoms with Crippen LogP contribution in [-0.4, -0.2) is 49.4 Å². The van der Waals surface area contributed by atoms with E-state index in [4.69, 9.17) is 16.3 Å².